The molecule has 0 atom stereocenters. The van der Waals surface area contributed by atoms with E-state index in [1.165, 1.54) is 48.0 Å². The Kier molecular flexibility index (Phi) is 8.48. The molecule has 1 heterocycles. The molecule has 1 amide bonds. The molecule has 1 aliphatic rings. The molecule has 1 aliphatic carbocycles. The van der Waals surface area contributed by atoms with E-state index < -0.39 is 0 Å². The molecule has 7 heteroatoms. The molecule has 0 saturated carbocycles. The molecule has 35 heavy (non-hydrogen) atoms. The smallest absolute Gasteiger partial charge is 0.243 e. The fraction of sp³-hybridized carbons (Fsp3) is 0.357. The largest absolute Gasteiger partial charge is 0.504 e. The van der Waals surface area contributed by atoms with Gasteiger partial charge >= 0.3 is 0 Å². The van der Waals surface area contributed by atoms with Gasteiger partial charge in [-0.2, -0.15) is 0 Å². The third kappa shape index (κ3) is 6.67. The molecule has 3 aromatic rings. The first-order valence-corrected chi connectivity index (χ1v) is 12.7. The number of aryl methyl sites for hydroxylation is 1. The number of aromatic nitrogens is 1. The minimum atomic E-state index is -0.205. The number of nitrogens with zero attached hydrogens (tertiary/aromatic N) is 1. The summed E-state index contributed by atoms with van der Waals surface area (Å²) in [5, 5.41) is 27.3. The van der Waals surface area contributed by atoms with Gasteiger partial charge in [-0.15, -0.1) is 0 Å². The van der Waals surface area contributed by atoms with E-state index in [0.29, 0.717) is 17.1 Å². The number of rotatable bonds is 10. The van der Waals surface area contributed by atoms with Crippen molar-refractivity contribution in [3.63, 3.8) is 0 Å². The number of nitrogens with one attached hydrogen (secondary N) is 2. The number of benzene rings is 2. The van der Waals surface area contributed by atoms with Crippen molar-refractivity contribution in [3.8, 4) is 11.5 Å². The van der Waals surface area contributed by atoms with Crippen LogP contribution < -0.4 is 10.6 Å². The first kappa shape index (κ1) is 24.9. The fourth-order valence-corrected chi connectivity index (χ4v) is 4.67. The van der Waals surface area contributed by atoms with Gasteiger partial charge in [-0.1, -0.05) is 30.5 Å². The third-order valence-corrected chi connectivity index (χ3v) is 6.59. The number of halogens is 1. The van der Waals surface area contributed by atoms with Gasteiger partial charge in [-0.05, 0) is 86.1 Å². The predicted molar refractivity (Wildman–Crippen MR) is 142 cm³/mol. The SMILES string of the molecule is O=C(/C=C/c1ccc(O)c(O)c1)NCCCCCCNc1c2c(nc3cc(Cl)ccc13)CCCC2. The highest BCUT2D eigenvalue weighted by Crippen LogP contribution is 2.34. The lowest BCUT2D eigenvalue weighted by Crippen LogP contribution is -2.22. The van der Waals surface area contributed by atoms with Crippen LogP contribution >= 0.6 is 11.6 Å². The highest BCUT2D eigenvalue weighted by molar-refractivity contribution is 6.31. The van der Waals surface area contributed by atoms with Crippen LogP contribution in [0.15, 0.2) is 42.5 Å². The van der Waals surface area contributed by atoms with E-state index in [1.54, 1.807) is 12.1 Å². The second-order valence-corrected chi connectivity index (χ2v) is 9.43. The van der Waals surface area contributed by atoms with Crippen molar-refractivity contribution in [2.75, 3.05) is 18.4 Å². The Hall–Kier alpha value is -3.25. The van der Waals surface area contributed by atoms with Crippen LogP contribution in [-0.4, -0.2) is 34.2 Å². The standard InChI is InChI=1S/C28H32ClN3O3/c29-20-11-12-22-24(18-20)32-23-8-4-3-7-21(23)28(22)31-16-6-2-1-5-15-30-27(35)14-10-19-9-13-25(33)26(34)17-19/h9-14,17-18,33-34H,1-8,15-16H2,(H,30,35)(H,31,32)/b14-10+. The maximum Gasteiger partial charge on any atom is 0.243 e. The summed E-state index contributed by atoms with van der Waals surface area (Å²) in [6, 6.07) is 10.4. The van der Waals surface area contributed by atoms with E-state index in [1.807, 2.05) is 12.1 Å². The number of fused-ring (bicyclic) bond motifs is 2. The molecular formula is C28H32ClN3O3. The van der Waals surface area contributed by atoms with Crippen molar-refractivity contribution in [1.29, 1.82) is 0 Å². The van der Waals surface area contributed by atoms with Gasteiger partial charge in [0.2, 0.25) is 5.91 Å². The minimum Gasteiger partial charge on any atom is -0.504 e. The number of pyridine rings is 1. The Morgan fingerprint density at radius 3 is 2.60 bits per heavy atom. The Labute approximate surface area is 211 Å². The second-order valence-electron chi connectivity index (χ2n) is 8.99. The molecule has 0 aliphatic heterocycles. The lowest BCUT2D eigenvalue weighted by atomic mass is 9.92. The topological polar surface area (TPSA) is 94.5 Å². The van der Waals surface area contributed by atoms with Crippen LogP contribution in [0.2, 0.25) is 5.02 Å². The average molecular weight is 494 g/mol. The van der Waals surface area contributed by atoms with Crippen molar-refractivity contribution in [2.45, 2.75) is 51.4 Å². The van der Waals surface area contributed by atoms with Gasteiger partial charge in [0.15, 0.2) is 11.5 Å². The molecule has 6 nitrogen and oxygen atoms in total. The number of amides is 1. The van der Waals surface area contributed by atoms with Crippen molar-refractivity contribution < 1.29 is 15.0 Å². The summed E-state index contributed by atoms with van der Waals surface area (Å²) < 4.78 is 0. The number of anilines is 1. The van der Waals surface area contributed by atoms with Gasteiger partial charge in [0.25, 0.3) is 0 Å². The van der Waals surface area contributed by atoms with Gasteiger partial charge in [-0.3, -0.25) is 9.78 Å². The van der Waals surface area contributed by atoms with Crippen LogP contribution in [0.5, 0.6) is 11.5 Å². The van der Waals surface area contributed by atoms with Crippen molar-refractivity contribution >= 4 is 40.2 Å². The van der Waals surface area contributed by atoms with Crippen LogP contribution in [0.25, 0.3) is 17.0 Å². The number of hydrogen-bond acceptors (Lipinski definition) is 5. The summed E-state index contributed by atoms with van der Waals surface area (Å²) in [6.45, 7) is 1.53. The monoisotopic (exact) mass is 493 g/mol. The average Bonchev–Trinajstić information content (AvgIpc) is 2.85. The Bertz CT molecular complexity index is 1230. The van der Waals surface area contributed by atoms with Gasteiger partial charge in [0.05, 0.1) is 5.52 Å². The van der Waals surface area contributed by atoms with Gasteiger partial charge in [0.1, 0.15) is 0 Å². The van der Waals surface area contributed by atoms with E-state index in [-0.39, 0.29) is 17.4 Å². The molecule has 0 bridgehead atoms. The number of hydrogen-bond donors (Lipinski definition) is 4. The molecular weight excluding hydrogens is 462 g/mol. The quantitative estimate of drug-likeness (QED) is 0.158. The third-order valence-electron chi connectivity index (χ3n) is 6.36. The summed E-state index contributed by atoms with van der Waals surface area (Å²) >= 11 is 6.21. The summed E-state index contributed by atoms with van der Waals surface area (Å²) in [5.74, 6) is -0.558. The molecule has 1 aromatic heterocycles. The predicted octanol–water partition coefficient (Wildman–Crippen LogP) is 5.98. The van der Waals surface area contributed by atoms with Gasteiger partial charge < -0.3 is 20.8 Å². The Morgan fingerprint density at radius 2 is 1.77 bits per heavy atom. The number of aromatic hydroxyl groups is 2. The maximum absolute atomic E-state index is 12.0. The molecule has 0 radical (unpaired) electrons. The van der Waals surface area contributed by atoms with Crippen molar-refractivity contribution in [3.05, 3.63) is 64.3 Å². The fourth-order valence-electron chi connectivity index (χ4n) is 4.50. The van der Waals surface area contributed by atoms with Crippen molar-refractivity contribution in [2.24, 2.45) is 0 Å². The molecule has 2 aromatic carbocycles. The lowest BCUT2D eigenvalue weighted by molar-refractivity contribution is -0.116. The van der Waals surface area contributed by atoms with E-state index >= 15 is 0 Å². The Morgan fingerprint density at radius 1 is 0.971 bits per heavy atom. The molecule has 0 spiro atoms. The lowest BCUT2D eigenvalue weighted by Gasteiger charge is -2.22. The van der Waals surface area contributed by atoms with Crippen LogP contribution in [0.4, 0.5) is 5.69 Å². The summed E-state index contributed by atoms with van der Waals surface area (Å²) in [6.07, 6.45) is 11.7. The maximum atomic E-state index is 12.0. The number of phenolic OH excluding ortho intramolecular Hbond substituents is 2. The minimum absolute atomic E-state index is 0.173. The zero-order valence-corrected chi connectivity index (χ0v) is 20.6. The zero-order valence-electron chi connectivity index (χ0n) is 19.8. The van der Waals surface area contributed by atoms with E-state index in [2.05, 4.69) is 16.7 Å². The highest BCUT2D eigenvalue weighted by Gasteiger charge is 2.18. The molecule has 0 fully saturated rings. The second kappa shape index (κ2) is 11.9. The summed E-state index contributed by atoms with van der Waals surface area (Å²) in [4.78, 5) is 16.9. The number of unbranched alkanes of at least 4 members (excludes halogenated alkanes) is 3. The van der Waals surface area contributed by atoms with Crippen LogP contribution in [-0.2, 0) is 17.6 Å². The van der Waals surface area contributed by atoms with Crippen LogP contribution in [0.1, 0.15) is 55.3 Å². The number of carbonyl (C=O) groups is 1. The summed E-state index contributed by atoms with van der Waals surface area (Å²) in [7, 11) is 0. The molecule has 184 valence electrons. The molecule has 0 unspecified atom stereocenters. The van der Waals surface area contributed by atoms with Crippen LogP contribution in [0.3, 0.4) is 0 Å². The van der Waals surface area contributed by atoms with E-state index in [9.17, 15) is 15.0 Å². The normalized spacial score (nSPS) is 13.2. The van der Waals surface area contributed by atoms with E-state index in [4.69, 9.17) is 16.6 Å². The number of carbonyl (C=O) groups excluding carboxylic acids is 1. The van der Waals surface area contributed by atoms with E-state index in [0.717, 1.165) is 56.0 Å². The highest BCUT2D eigenvalue weighted by atomic mass is 35.5. The first-order valence-electron chi connectivity index (χ1n) is 12.3. The van der Waals surface area contributed by atoms with Crippen LogP contribution in [0, 0.1) is 0 Å². The summed E-state index contributed by atoms with van der Waals surface area (Å²) in [5.41, 5.74) is 5.41. The molecule has 0 saturated heterocycles. The number of phenols is 2. The van der Waals surface area contributed by atoms with Gasteiger partial charge in [-0.25, -0.2) is 0 Å². The molecule has 4 N–H and O–H groups in total. The zero-order chi connectivity index (χ0) is 24.6. The Balaban J connectivity index is 1.18. The first-order chi connectivity index (χ1) is 17.0. The molecule has 4 rings (SSSR count). The van der Waals surface area contributed by atoms with Gasteiger partial charge in [0, 0.05) is 41.0 Å². The van der Waals surface area contributed by atoms with Crippen molar-refractivity contribution in [1.82, 2.24) is 10.3 Å².